The van der Waals surface area contributed by atoms with Gasteiger partial charge in [-0.3, -0.25) is 0 Å². The number of amides is 2. The molecule has 168 valence electrons. The van der Waals surface area contributed by atoms with Crippen molar-refractivity contribution in [3.05, 3.63) is 77.0 Å². The SMILES string of the molecule is CC1=C(C(=O)O[C@H]2CCC[C@@H](C)C2)[C@@H](c2ccc(OCc3ccccc3)cc2)NC(=O)N1. The molecule has 1 aliphatic heterocycles. The lowest BCUT2D eigenvalue weighted by atomic mass is 9.88. The molecule has 1 heterocycles. The third-order valence-electron chi connectivity index (χ3n) is 6.11. The number of ether oxygens (including phenoxy) is 2. The number of esters is 1. The van der Waals surface area contributed by atoms with E-state index in [9.17, 15) is 9.59 Å². The quantitative estimate of drug-likeness (QED) is 0.626. The molecule has 32 heavy (non-hydrogen) atoms. The monoisotopic (exact) mass is 434 g/mol. The van der Waals surface area contributed by atoms with Crippen LogP contribution in [0.5, 0.6) is 5.75 Å². The van der Waals surface area contributed by atoms with Crippen LogP contribution in [0.4, 0.5) is 4.79 Å². The van der Waals surface area contributed by atoms with E-state index in [1.807, 2.05) is 54.6 Å². The van der Waals surface area contributed by atoms with Gasteiger partial charge in [-0.2, -0.15) is 0 Å². The molecule has 0 radical (unpaired) electrons. The highest BCUT2D eigenvalue weighted by Gasteiger charge is 2.34. The molecule has 0 aromatic heterocycles. The van der Waals surface area contributed by atoms with Crippen LogP contribution in [-0.4, -0.2) is 18.1 Å². The Balaban J connectivity index is 1.48. The van der Waals surface area contributed by atoms with Gasteiger partial charge in [-0.15, -0.1) is 0 Å². The summed E-state index contributed by atoms with van der Waals surface area (Å²) in [6.45, 7) is 4.40. The van der Waals surface area contributed by atoms with E-state index in [4.69, 9.17) is 9.47 Å². The van der Waals surface area contributed by atoms with E-state index in [2.05, 4.69) is 17.6 Å². The number of carbonyl (C=O) groups is 2. The smallest absolute Gasteiger partial charge is 0.338 e. The van der Waals surface area contributed by atoms with Crippen LogP contribution < -0.4 is 15.4 Å². The minimum absolute atomic E-state index is 0.0707. The molecule has 1 aliphatic carbocycles. The lowest BCUT2D eigenvalue weighted by molar-refractivity contribution is -0.146. The number of benzene rings is 2. The Labute approximate surface area is 189 Å². The first-order valence-electron chi connectivity index (χ1n) is 11.3. The second-order valence-corrected chi connectivity index (χ2v) is 8.71. The molecule has 2 aliphatic rings. The third kappa shape index (κ3) is 5.31. The number of allylic oxidation sites excluding steroid dienone is 1. The van der Waals surface area contributed by atoms with Crippen LogP contribution in [0.15, 0.2) is 65.9 Å². The van der Waals surface area contributed by atoms with Gasteiger partial charge >= 0.3 is 12.0 Å². The van der Waals surface area contributed by atoms with Crippen LogP contribution >= 0.6 is 0 Å². The summed E-state index contributed by atoms with van der Waals surface area (Å²) in [5.74, 6) is 0.905. The van der Waals surface area contributed by atoms with Crippen LogP contribution in [0.2, 0.25) is 0 Å². The van der Waals surface area contributed by atoms with Gasteiger partial charge in [-0.25, -0.2) is 9.59 Å². The Morgan fingerprint density at radius 2 is 1.81 bits per heavy atom. The van der Waals surface area contributed by atoms with E-state index >= 15 is 0 Å². The topological polar surface area (TPSA) is 76.7 Å². The highest BCUT2D eigenvalue weighted by Crippen LogP contribution is 2.31. The van der Waals surface area contributed by atoms with E-state index < -0.39 is 6.04 Å². The van der Waals surface area contributed by atoms with Crippen LogP contribution in [0.1, 0.15) is 56.7 Å². The van der Waals surface area contributed by atoms with Crippen molar-refractivity contribution in [2.75, 3.05) is 0 Å². The summed E-state index contributed by atoms with van der Waals surface area (Å²) in [7, 11) is 0. The maximum Gasteiger partial charge on any atom is 0.338 e. The summed E-state index contributed by atoms with van der Waals surface area (Å²) in [5, 5.41) is 5.58. The summed E-state index contributed by atoms with van der Waals surface area (Å²) in [5.41, 5.74) is 2.86. The van der Waals surface area contributed by atoms with E-state index in [0.29, 0.717) is 23.8 Å². The lowest BCUT2D eigenvalue weighted by Crippen LogP contribution is -2.45. The average molecular weight is 435 g/mol. The van der Waals surface area contributed by atoms with Gasteiger partial charge in [-0.1, -0.05) is 55.8 Å². The minimum atomic E-state index is -0.569. The summed E-state index contributed by atoms with van der Waals surface area (Å²) >= 11 is 0. The van der Waals surface area contributed by atoms with Crippen LogP contribution in [0.3, 0.4) is 0 Å². The third-order valence-corrected chi connectivity index (χ3v) is 6.11. The molecule has 1 fully saturated rings. The van der Waals surface area contributed by atoms with Gasteiger partial charge in [0.25, 0.3) is 0 Å². The van der Waals surface area contributed by atoms with Gasteiger partial charge in [0.15, 0.2) is 0 Å². The first kappa shape index (κ1) is 21.9. The van der Waals surface area contributed by atoms with Gasteiger partial charge in [-0.05, 0) is 55.4 Å². The summed E-state index contributed by atoms with van der Waals surface area (Å²) in [4.78, 5) is 25.3. The predicted octanol–water partition coefficient (Wildman–Crippen LogP) is 5.02. The minimum Gasteiger partial charge on any atom is -0.489 e. The summed E-state index contributed by atoms with van der Waals surface area (Å²) < 4.78 is 11.7. The molecule has 6 nitrogen and oxygen atoms in total. The number of hydrogen-bond donors (Lipinski definition) is 2. The van der Waals surface area contributed by atoms with E-state index in [1.165, 1.54) is 6.42 Å². The van der Waals surface area contributed by atoms with Crippen molar-refractivity contribution in [1.82, 2.24) is 10.6 Å². The molecule has 1 saturated carbocycles. The zero-order chi connectivity index (χ0) is 22.5. The van der Waals surface area contributed by atoms with Crippen molar-refractivity contribution >= 4 is 12.0 Å². The molecular weight excluding hydrogens is 404 g/mol. The summed E-state index contributed by atoms with van der Waals surface area (Å²) in [6, 6.07) is 16.5. The number of urea groups is 1. The Kier molecular flexibility index (Phi) is 6.78. The number of hydrogen-bond acceptors (Lipinski definition) is 4. The van der Waals surface area contributed by atoms with Crippen LogP contribution in [0, 0.1) is 5.92 Å². The fourth-order valence-corrected chi connectivity index (χ4v) is 4.41. The molecule has 0 unspecified atom stereocenters. The van der Waals surface area contributed by atoms with E-state index in [0.717, 1.165) is 36.1 Å². The largest absolute Gasteiger partial charge is 0.489 e. The molecule has 2 aromatic rings. The molecule has 6 heteroatoms. The Hall–Kier alpha value is -3.28. The normalized spacial score (nSPS) is 23.2. The first-order valence-corrected chi connectivity index (χ1v) is 11.3. The fourth-order valence-electron chi connectivity index (χ4n) is 4.41. The predicted molar refractivity (Wildman–Crippen MR) is 122 cm³/mol. The van der Waals surface area contributed by atoms with Crippen LogP contribution in [-0.2, 0) is 16.1 Å². The molecule has 0 bridgehead atoms. The molecule has 0 saturated heterocycles. The Bertz CT molecular complexity index is 985. The van der Waals surface area contributed by atoms with Crippen molar-refractivity contribution in [2.24, 2.45) is 5.92 Å². The van der Waals surface area contributed by atoms with E-state index in [-0.39, 0.29) is 18.1 Å². The zero-order valence-corrected chi connectivity index (χ0v) is 18.6. The second kappa shape index (κ2) is 9.90. The van der Waals surface area contributed by atoms with Crippen molar-refractivity contribution in [3.8, 4) is 5.75 Å². The van der Waals surface area contributed by atoms with Crippen molar-refractivity contribution in [1.29, 1.82) is 0 Å². The summed E-state index contributed by atoms with van der Waals surface area (Å²) in [6.07, 6.45) is 3.95. The molecule has 0 spiro atoms. The standard InChI is InChI=1S/C26H30N2O4/c1-17-7-6-10-22(15-17)32-25(29)23-18(2)27-26(30)28-24(23)20-11-13-21(14-12-20)31-16-19-8-4-3-5-9-19/h3-5,8-9,11-14,17,22,24H,6-7,10,15-16H2,1-2H3,(H2,27,28,30)/t17-,22+,24-/m1/s1. The van der Waals surface area contributed by atoms with Gasteiger partial charge < -0.3 is 20.1 Å². The highest BCUT2D eigenvalue weighted by molar-refractivity contribution is 5.95. The molecule has 3 atom stereocenters. The van der Waals surface area contributed by atoms with Crippen LogP contribution in [0.25, 0.3) is 0 Å². The maximum absolute atomic E-state index is 13.1. The molecule has 2 aromatic carbocycles. The molecule has 2 amide bonds. The van der Waals surface area contributed by atoms with Crippen molar-refractivity contribution in [3.63, 3.8) is 0 Å². The maximum atomic E-state index is 13.1. The second-order valence-electron chi connectivity index (χ2n) is 8.71. The zero-order valence-electron chi connectivity index (χ0n) is 18.6. The van der Waals surface area contributed by atoms with Crippen molar-refractivity contribution in [2.45, 2.75) is 58.3 Å². The molecule has 2 N–H and O–H groups in total. The Morgan fingerprint density at radius 1 is 1.06 bits per heavy atom. The van der Waals surface area contributed by atoms with Gasteiger partial charge in [0.2, 0.25) is 0 Å². The fraction of sp³-hybridized carbons (Fsp3) is 0.385. The first-order chi connectivity index (χ1) is 15.5. The average Bonchev–Trinajstić information content (AvgIpc) is 2.78. The lowest BCUT2D eigenvalue weighted by Gasteiger charge is -2.31. The Morgan fingerprint density at radius 3 is 2.53 bits per heavy atom. The number of rotatable bonds is 6. The van der Waals surface area contributed by atoms with Gasteiger partial charge in [0, 0.05) is 5.70 Å². The van der Waals surface area contributed by atoms with Gasteiger partial charge in [0.1, 0.15) is 18.5 Å². The number of nitrogens with one attached hydrogen (secondary N) is 2. The molecule has 4 rings (SSSR count). The highest BCUT2D eigenvalue weighted by atomic mass is 16.5. The number of carbonyl (C=O) groups excluding carboxylic acids is 2. The van der Waals surface area contributed by atoms with Crippen molar-refractivity contribution < 1.29 is 19.1 Å². The van der Waals surface area contributed by atoms with E-state index in [1.54, 1.807) is 6.92 Å². The molecular formula is C26H30N2O4. The van der Waals surface area contributed by atoms with Gasteiger partial charge in [0.05, 0.1) is 11.6 Å².